The first-order chi connectivity index (χ1) is 10.8. The summed E-state index contributed by atoms with van der Waals surface area (Å²) in [6.45, 7) is 0.588. The summed E-state index contributed by atoms with van der Waals surface area (Å²) >= 11 is 1.60. The van der Waals surface area contributed by atoms with E-state index in [-0.39, 0.29) is 11.7 Å². The minimum absolute atomic E-state index is 0.102. The third-order valence-corrected chi connectivity index (χ3v) is 4.81. The quantitative estimate of drug-likeness (QED) is 0.942. The van der Waals surface area contributed by atoms with E-state index in [0.717, 1.165) is 17.1 Å². The van der Waals surface area contributed by atoms with Gasteiger partial charge in [-0.2, -0.15) is 0 Å². The first-order valence-corrected chi connectivity index (χ1v) is 8.35. The Bertz CT molecular complexity index is 697. The molecule has 112 valence electrons. The number of hydrogen-bond acceptors (Lipinski definition) is 3. The molecule has 0 fully saturated rings. The molecule has 0 atom stereocenters. The highest BCUT2D eigenvalue weighted by Gasteiger charge is 2.22. The molecule has 0 saturated carbocycles. The maximum Gasteiger partial charge on any atom is 0.252 e. The number of Topliss-reactive ketones (excluding diaryl/α,β-unsaturated/α-hetero) is 1. The molecule has 2 aromatic rings. The lowest BCUT2D eigenvalue weighted by Crippen LogP contribution is -2.27. The highest BCUT2D eigenvalue weighted by molar-refractivity contribution is 7.99. The predicted molar refractivity (Wildman–Crippen MR) is 88.6 cm³/mol. The zero-order valence-corrected chi connectivity index (χ0v) is 13.0. The summed E-state index contributed by atoms with van der Waals surface area (Å²) in [6, 6.07) is 15.4. The van der Waals surface area contributed by atoms with E-state index < -0.39 is 0 Å². The van der Waals surface area contributed by atoms with Gasteiger partial charge in [-0.1, -0.05) is 42.5 Å². The molecule has 1 amide bonds. The van der Waals surface area contributed by atoms with E-state index in [2.05, 4.69) is 5.32 Å². The van der Waals surface area contributed by atoms with Crippen molar-refractivity contribution < 1.29 is 9.59 Å². The average molecular weight is 311 g/mol. The number of hydrogen-bond donors (Lipinski definition) is 1. The van der Waals surface area contributed by atoms with Crippen LogP contribution in [0, 0.1) is 0 Å². The Hall–Kier alpha value is -2.07. The minimum atomic E-state index is -0.102. The van der Waals surface area contributed by atoms with Crippen LogP contribution in [0.1, 0.15) is 32.7 Å². The van der Waals surface area contributed by atoms with Gasteiger partial charge in [-0.15, -0.1) is 11.8 Å². The van der Waals surface area contributed by atoms with E-state index in [9.17, 15) is 9.59 Å². The maximum atomic E-state index is 12.4. The Morgan fingerprint density at radius 3 is 2.73 bits per heavy atom. The van der Waals surface area contributed by atoms with Gasteiger partial charge in [0.05, 0.1) is 5.56 Å². The van der Waals surface area contributed by atoms with Crippen LogP contribution in [0.2, 0.25) is 0 Å². The van der Waals surface area contributed by atoms with E-state index in [0.29, 0.717) is 24.1 Å². The molecule has 2 aromatic carbocycles. The molecule has 1 N–H and O–H groups in total. The molecule has 3 rings (SSSR count). The lowest BCUT2D eigenvalue weighted by atomic mass is 10.0. The van der Waals surface area contributed by atoms with Crippen LogP contribution in [-0.2, 0) is 6.42 Å². The summed E-state index contributed by atoms with van der Waals surface area (Å²) in [7, 11) is 0. The fourth-order valence-electron chi connectivity index (χ4n) is 2.53. The monoisotopic (exact) mass is 311 g/mol. The lowest BCUT2D eigenvalue weighted by Gasteiger charge is -2.17. The summed E-state index contributed by atoms with van der Waals surface area (Å²) in [5.74, 6) is 0.780. The van der Waals surface area contributed by atoms with E-state index >= 15 is 0 Å². The molecule has 0 saturated heterocycles. The Morgan fingerprint density at radius 2 is 1.91 bits per heavy atom. The Balaban J connectivity index is 1.68. The van der Waals surface area contributed by atoms with Crippen LogP contribution in [0.3, 0.4) is 0 Å². The molecule has 1 aliphatic heterocycles. The van der Waals surface area contributed by atoms with Gasteiger partial charge in [-0.25, -0.2) is 0 Å². The Labute approximate surface area is 134 Å². The molecule has 0 aliphatic carbocycles. The molecule has 1 heterocycles. The van der Waals surface area contributed by atoms with Gasteiger partial charge < -0.3 is 5.32 Å². The molecule has 3 nitrogen and oxygen atoms in total. The highest BCUT2D eigenvalue weighted by atomic mass is 32.2. The van der Waals surface area contributed by atoms with Gasteiger partial charge in [0.15, 0.2) is 5.78 Å². The van der Waals surface area contributed by atoms with Gasteiger partial charge in [-0.3, -0.25) is 9.59 Å². The number of nitrogens with one attached hydrogen (secondary N) is 1. The van der Waals surface area contributed by atoms with Crippen molar-refractivity contribution in [3.05, 3.63) is 65.2 Å². The van der Waals surface area contributed by atoms with Crippen LogP contribution >= 0.6 is 11.8 Å². The Morgan fingerprint density at radius 1 is 1.09 bits per heavy atom. The second-order valence-corrected chi connectivity index (χ2v) is 6.30. The molecular formula is C18H17NO2S. The number of rotatable bonds is 4. The van der Waals surface area contributed by atoms with Gasteiger partial charge in [0, 0.05) is 29.2 Å². The summed E-state index contributed by atoms with van der Waals surface area (Å²) in [6.07, 6.45) is 1.35. The van der Waals surface area contributed by atoms with Crippen molar-refractivity contribution in [1.82, 2.24) is 5.32 Å². The second kappa shape index (κ2) is 6.79. The molecule has 0 spiro atoms. The topological polar surface area (TPSA) is 46.2 Å². The first-order valence-electron chi connectivity index (χ1n) is 7.37. The fraction of sp³-hybridized carbons (Fsp3) is 0.222. The lowest BCUT2D eigenvalue weighted by molar-refractivity contribution is 0.0951. The second-order valence-electron chi connectivity index (χ2n) is 5.20. The van der Waals surface area contributed by atoms with Gasteiger partial charge in [0.2, 0.25) is 0 Å². The SMILES string of the molecule is O=C1CCSc2c1cccc2C(=O)NCCc1ccccc1. The van der Waals surface area contributed by atoms with Crippen LogP contribution in [0.25, 0.3) is 0 Å². The number of carbonyl (C=O) groups excluding carboxylic acids is 2. The minimum Gasteiger partial charge on any atom is -0.352 e. The van der Waals surface area contributed by atoms with Gasteiger partial charge in [0.1, 0.15) is 0 Å². The van der Waals surface area contributed by atoms with Crippen molar-refractivity contribution in [1.29, 1.82) is 0 Å². The number of amides is 1. The van der Waals surface area contributed by atoms with Crippen molar-refractivity contribution in [2.24, 2.45) is 0 Å². The van der Waals surface area contributed by atoms with Crippen LogP contribution in [0.15, 0.2) is 53.4 Å². The molecular weight excluding hydrogens is 294 g/mol. The van der Waals surface area contributed by atoms with E-state index in [1.165, 1.54) is 5.56 Å². The number of carbonyl (C=O) groups is 2. The van der Waals surface area contributed by atoms with Crippen molar-refractivity contribution in [2.75, 3.05) is 12.3 Å². The molecule has 0 aromatic heterocycles. The van der Waals surface area contributed by atoms with Gasteiger partial charge >= 0.3 is 0 Å². The number of ketones is 1. The normalized spacial score (nSPS) is 13.5. The van der Waals surface area contributed by atoms with Crippen LogP contribution in [0.4, 0.5) is 0 Å². The van der Waals surface area contributed by atoms with Crippen molar-refractivity contribution in [3.63, 3.8) is 0 Å². The largest absolute Gasteiger partial charge is 0.352 e. The van der Waals surface area contributed by atoms with Crippen LogP contribution in [0.5, 0.6) is 0 Å². The summed E-state index contributed by atoms with van der Waals surface area (Å²) in [5.41, 5.74) is 2.50. The van der Waals surface area contributed by atoms with E-state index in [1.54, 1.807) is 23.9 Å². The average Bonchev–Trinajstić information content (AvgIpc) is 2.56. The highest BCUT2D eigenvalue weighted by Crippen LogP contribution is 2.32. The summed E-state index contributed by atoms with van der Waals surface area (Å²) < 4.78 is 0. The zero-order valence-electron chi connectivity index (χ0n) is 12.2. The smallest absolute Gasteiger partial charge is 0.252 e. The van der Waals surface area contributed by atoms with Crippen molar-refractivity contribution in [3.8, 4) is 0 Å². The molecule has 0 unspecified atom stereocenters. The molecule has 22 heavy (non-hydrogen) atoms. The zero-order chi connectivity index (χ0) is 15.4. The van der Waals surface area contributed by atoms with Crippen LogP contribution in [-0.4, -0.2) is 24.0 Å². The van der Waals surface area contributed by atoms with Gasteiger partial charge in [0.25, 0.3) is 5.91 Å². The molecule has 0 bridgehead atoms. The predicted octanol–water partition coefficient (Wildman–Crippen LogP) is 3.34. The number of thioether (sulfide) groups is 1. The first kappa shape index (κ1) is 14.9. The van der Waals surface area contributed by atoms with Crippen molar-refractivity contribution >= 4 is 23.5 Å². The molecule has 0 radical (unpaired) electrons. The fourth-order valence-corrected chi connectivity index (χ4v) is 3.68. The third-order valence-electron chi connectivity index (χ3n) is 3.68. The summed E-state index contributed by atoms with van der Waals surface area (Å²) in [5, 5.41) is 2.95. The third kappa shape index (κ3) is 3.22. The number of benzene rings is 2. The summed E-state index contributed by atoms with van der Waals surface area (Å²) in [4.78, 5) is 25.1. The maximum absolute atomic E-state index is 12.4. The molecule has 4 heteroatoms. The van der Waals surface area contributed by atoms with Crippen molar-refractivity contribution in [2.45, 2.75) is 17.7 Å². The number of fused-ring (bicyclic) bond motifs is 1. The van der Waals surface area contributed by atoms with Gasteiger partial charge in [-0.05, 0) is 18.1 Å². The standard InChI is InChI=1S/C18H17NO2S/c20-16-10-12-22-17-14(16)7-4-8-15(17)18(21)19-11-9-13-5-2-1-3-6-13/h1-8H,9-12H2,(H,19,21). The van der Waals surface area contributed by atoms with E-state index in [4.69, 9.17) is 0 Å². The Kier molecular flexibility index (Phi) is 4.59. The molecule has 1 aliphatic rings. The van der Waals surface area contributed by atoms with Crippen LogP contribution < -0.4 is 5.32 Å². The van der Waals surface area contributed by atoms with E-state index in [1.807, 2.05) is 36.4 Å².